The van der Waals surface area contributed by atoms with E-state index < -0.39 is 0 Å². The van der Waals surface area contributed by atoms with Crippen LogP contribution in [0.4, 0.5) is 4.39 Å². The minimum Gasteiger partial charge on any atom is -0.258 e. The fraction of sp³-hybridized carbons (Fsp3) is 0.333. The summed E-state index contributed by atoms with van der Waals surface area (Å²) in [5.41, 5.74) is 1.09. The summed E-state index contributed by atoms with van der Waals surface area (Å²) >= 11 is 0. The van der Waals surface area contributed by atoms with Crippen LogP contribution < -0.4 is 0 Å². The molecule has 0 aliphatic carbocycles. The van der Waals surface area contributed by atoms with E-state index in [1.165, 1.54) is 6.07 Å². The SMILES string of the molecule is CCc1ncc(CC#N)cc1F. The van der Waals surface area contributed by atoms with Crippen LogP contribution in [0.5, 0.6) is 0 Å². The van der Waals surface area contributed by atoms with Crippen molar-refractivity contribution < 1.29 is 4.39 Å². The second kappa shape index (κ2) is 3.82. The number of aromatic nitrogens is 1. The summed E-state index contributed by atoms with van der Waals surface area (Å²) in [6.07, 6.45) is 2.34. The monoisotopic (exact) mass is 164 g/mol. The van der Waals surface area contributed by atoms with E-state index >= 15 is 0 Å². The van der Waals surface area contributed by atoms with Gasteiger partial charge in [0.2, 0.25) is 0 Å². The van der Waals surface area contributed by atoms with Gasteiger partial charge in [0.1, 0.15) is 5.82 Å². The Hall–Kier alpha value is -1.43. The molecule has 0 N–H and O–H groups in total. The lowest BCUT2D eigenvalue weighted by Crippen LogP contribution is -1.95. The van der Waals surface area contributed by atoms with Crippen LogP contribution >= 0.6 is 0 Å². The summed E-state index contributed by atoms with van der Waals surface area (Å²) in [5, 5.41) is 8.34. The van der Waals surface area contributed by atoms with Crippen molar-refractivity contribution in [3.8, 4) is 6.07 Å². The summed E-state index contributed by atoms with van der Waals surface area (Å²) in [7, 11) is 0. The molecular weight excluding hydrogens is 155 g/mol. The van der Waals surface area contributed by atoms with Gasteiger partial charge in [0.25, 0.3) is 0 Å². The highest BCUT2D eigenvalue weighted by Crippen LogP contribution is 2.07. The molecule has 2 nitrogen and oxygen atoms in total. The highest BCUT2D eigenvalue weighted by atomic mass is 19.1. The van der Waals surface area contributed by atoms with Crippen molar-refractivity contribution in [1.82, 2.24) is 4.98 Å². The van der Waals surface area contributed by atoms with Gasteiger partial charge >= 0.3 is 0 Å². The van der Waals surface area contributed by atoms with Gasteiger partial charge in [0, 0.05) is 6.20 Å². The maximum Gasteiger partial charge on any atom is 0.144 e. The molecule has 62 valence electrons. The molecular formula is C9H9FN2. The zero-order chi connectivity index (χ0) is 8.97. The number of pyridine rings is 1. The molecule has 0 aliphatic rings. The first-order chi connectivity index (χ1) is 5.77. The molecule has 1 heterocycles. The van der Waals surface area contributed by atoms with E-state index in [4.69, 9.17) is 5.26 Å². The van der Waals surface area contributed by atoms with Crippen LogP contribution in [0.2, 0.25) is 0 Å². The third kappa shape index (κ3) is 1.79. The van der Waals surface area contributed by atoms with Crippen LogP contribution in [0.1, 0.15) is 18.2 Å². The number of hydrogen-bond acceptors (Lipinski definition) is 2. The third-order valence-corrected chi connectivity index (χ3v) is 1.59. The van der Waals surface area contributed by atoms with E-state index in [9.17, 15) is 4.39 Å². The van der Waals surface area contributed by atoms with E-state index in [-0.39, 0.29) is 12.2 Å². The van der Waals surface area contributed by atoms with Gasteiger partial charge in [-0.3, -0.25) is 4.98 Å². The van der Waals surface area contributed by atoms with E-state index in [1.807, 2.05) is 13.0 Å². The number of nitriles is 1. The van der Waals surface area contributed by atoms with Gasteiger partial charge in [0.15, 0.2) is 0 Å². The van der Waals surface area contributed by atoms with Crippen molar-refractivity contribution in [3.05, 3.63) is 29.3 Å². The molecule has 0 atom stereocenters. The predicted octanol–water partition coefficient (Wildman–Crippen LogP) is 1.85. The quantitative estimate of drug-likeness (QED) is 0.668. The zero-order valence-corrected chi connectivity index (χ0v) is 6.84. The Kier molecular flexibility index (Phi) is 2.76. The van der Waals surface area contributed by atoms with Crippen LogP contribution in [-0.2, 0) is 12.8 Å². The number of rotatable bonds is 2. The zero-order valence-electron chi connectivity index (χ0n) is 6.84. The van der Waals surface area contributed by atoms with Gasteiger partial charge in [-0.05, 0) is 18.1 Å². The fourth-order valence-corrected chi connectivity index (χ4v) is 0.954. The molecule has 0 radical (unpaired) electrons. The third-order valence-electron chi connectivity index (χ3n) is 1.59. The Morgan fingerprint density at radius 3 is 2.92 bits per heavy atom. The van der Waals surface area contributed by atoms with Gasteiger partial charge in [-0.25, -0.2) is 4.39 Å². The molecule has 0 spiro atoms. The van der Waals surface area contributed by atoms with Crippen molar-refractivity contribution in [3.63, 3.8) is 0 Å². The van der Waals surface area contributed by atoms with Gasteiger partial charge in [-0.2, -0.15) is 5.26 Å². The number of hydrogen-bond donors (Lipinski definition) is 0. The maximum atomic E-state index is 13.0. The largest absolute Gasteiger partial charge is 0.258 e. The second-order valence-electron chi connectivity index (χ2n) is 2.46. The van der Waals surface area contributed by atoms with Crippen LogP contribution in [0.15, 0.2) is 12.3 Å². The van der Waals surface area contributed by atoms with Crippen LogP contribution in [0.25, 0.3) is 0 Å². The van der Waals surface area contributed by atoms with Crippen LogP contribution in [-0.4, -0.2) is 4.98 Å². The number of aryl methyl sites for hydroxylation is 1. The molecule has 12 heavy (non-hydrogen) atoms. The lowest BCUT2D eigenvalue weighted by molar-refractivity contribution is 0.599. The molecule has 0 unspecified atom stereocenters. The van der Waals surface area contributed by atoms with E-state index in [0.29, 0.717) is 17.7 Å². The van der Waals surface area contributed by atoms with Gasteiger partial charge in [0.05, 0.1) is 18.2 Å². The predicted molar refractivity (Wildman–Crippen MR) is 42.9 cm³/mol. The molecule has 0 aromatic carbocycles. The summed E-state index contributed by atoms with van der Waals surface area (Å²) in [6, 6.07) is 3.31. The molecule has 0 saturated carbocycles. The molecule has 1 aromatic heterocycles. The van der Waals surface area contributed by atoms with E-state index in [0.717, 1.165) is 0 Å². The van der Waals surface area contributed by atoms with Gasteiger partial charge < -0.3 is 0 Å². The summed E-state index contributed by atoms with van der Waals surface area (Å²) in [4.78, 5) is 3.89. The Balaban J connectivity index is 2.95. The average Bonchev–Trinajstić information content (AvgIpc) is 2.05. The molecule has 1 aromatic rings. The molecule has 0 amide bonds. The summed E-state index contributed by atoms with van der Waals surface area (Å²) in [5.74, 6) is -0.315. The highest BCUT2D eigenvalue weighted by molar-refractivity contribution is 5.18. The normalized spacial score (nSPS) is 9.42. The lowest BCUT2D eigenvalue weighted by Gasteiger charge is -1.99. The number of nitrogens with zero attached hydrogens (tertiary/aromatic N) is 2. The molecule has 3 heteroatoms. The Bertz CT molecular complexity index is 315. The molecule has 0 saturated heterocycles. The lowest BCUT2D eigenvalue weighted by atomic mass is 10.2. The van der Waals surface area contributed by atoms with Gasteiger partial charge in [-0.15, -0.1) is 0 Å². The highest BCUT2D eigenvalue weighted by Gasteiger charge is 2.02. The first-order valence-corrected chi connectivity index (χ1v) is 3.78. The Morgan fingerprint density at radius 2 is 2.42 bits per heavy atom. The van der Waals surface area contributed by atoms with Crippen molar-refractivity contribution in [2.45, 2.75) is 19.8 Å². The van der Waals surface area contributed by atoms with Crippen LogP contribution in [0.3, 0.4) is 0 Å². The van der Waals surface area contributed by atoms with Crippen molar-refractivity contribution in [1.29, 1.82) is 5.26 Å². The molecule has 0 aliphatic heterocycles. The summed E-state index contributed by atoms with van der Waals surface area (Å²) < 4.78 is 13.0. The van der Waals surface area contributed by atoms with E-state index in [2.05, 4.69) is 4.98 Å². The van der Waals surface area contributed by atoms with Crippen LogP contribution in [0, 0.1) is 17.1 Å². The molecule has 0 fully saturated rings. The Labute approximate surface area is 70.7 Å². The summed E-state index contributed by atoms with van der Waals surface area (Å²) in [6.45, 7) is 1.84. The minimum atomic E-state index is -0.315. The van der Waals surface area contributed by atoms with Crippen molar-refractivity contribution in [2.75, 3.05) is 0 Å². The minimum absolute atomic E-state index is 0.216. The van der Waals surface area contributed by atoms with Crippen molar-refractivity contribution in [2.24, 2.45) is 0 Å². The Morgan fingerprint density at radius 1 is 1.67 bits per heavy atom. The fourth-order valence-electron chi connectivity index (χ4n) is 0.954. The molecule has 1 rings (SSSR count). The average molecular weight is 164 g/mol. The molecule has 0 bridgehead atoms. The maximum absolute atomic E-state index is 13.0. The first kappa shape index (κ1) is 8.66. The standard InChI is InChI=1S/C9H9FN2/c1-2-9-8(10)5-7(3-4-11)6-12-9/h5-6H,2-3H2,1H3. The first-order valence-electron chi connectivity index (χ1n) is 3.78. The number of halogens is 1. The smallest absolute Gasteiger partial charge is 0.144 e. The van der Waals surface area contributed by atoms with Crippen molar-refractivity contribution >= 4 is 0 Å². The second-order valence-corrected chi connectivity index (χ2v) is 2.46. The van der Waals surface area contributed by atoms with Gasteiger partial charge in [-0.1, -0.05) is 6.92 Å². The van der Waals surface area contributed by atoms with E-state index in [1.54, 1.807) is 6.20 Å². The topological polar surface area (TPSA) is 36.7 Å².